The fraction of sp³-hybridized carbons (Fsp3) is 1.00. The van der Waals surface area contributed by atoms with Gasteiger partial charge in [-0.05, 0) is 39.5 Å². The van der Waals surface area contributed by atoms with Gasteiger partial charge in [-0.15, -0.1) is 0 Å². The van der Waals surface area contributed by atoms with Crippen molar-refractivity contribution in [1.82, 2.24) is 10.4 Å². The summed E-state index contributed by atoms with van der Waals surface area (Å²) in [6.45, 7) is 18.4. The fourth-order valence-electron chi connectivity index (χ4n) is 3.61. The molecule has 1 aliphatic rings. The van der Waals surface area contributed by atoms with E-state index in [1.807, 2.05) is 0 Å². The molecule has 6 nitrogen and oxygen atoms in total. The van der Waals surface area contributed by atoms with E-state index in [0.717, 1.165) is 32.2 Å². The summed E-state index contributed by atoms with van der Waals surface area (Å²) >= 11 is 0. The molecular weight excluding hydrogens is 360 g/mol. The van der Waals surface area contributed by atoms with Crippen LogP contribution in [0.4, 0.5) is 0 Å². The molecule has 1 aliphatic heterocycles. The van der Waals surface area contributed by atoms with E-state index in [0.29, 0.717) is 32.0 Å². The SMILES string of the molecule is CCCO[Si](CNC1CCN(OC)C(C)(C)C1(C)C)(OCCC)OCCC. The lowest BCUT2D eigenvalue weighted by Gasteiger charge is -2.56. The molecule has 0 aromatic rings. The summed E-state index contributed by atoms with van der Waals surface area (Å²) in [4.78, 5) is 5.64. The van der Waals surface area contributed by atoms with Crippen LogP contribution in [0, 0.1) is 5.41 Å². The molecular formula is C20H44N2O4Si. The van der Waals surface area contributed by atoms with Gasteiger partial charge in [0.1, 0.15) is 0 Å². The lowest BCUT2D eigenvalue weighted by molar-refractivity contribution is -0.247. The third-order valence-corrected chi connectivity index (χ3v) is 8.62. The van der Waals surface area contributed by atoms with Crippen LogP contribution in [0.3, 0.4) is 0 Å². The summed E-state index contributed by atoms with van der Waals surface area (Å²) in [6, 6.07) is 0.339. The number of hydroxylamine groups is 2. The van der Waals surface area contributed by atoms with Crippen molar-refractivity contribution in [3.05, 3.63) is 0 Å². The van der Waals surface area contributed by atoms with Crippen molar-refractivity contribution in [3.8, 4) is 0 Å². The first-order chi connectivity index (χ1) is 12.7. The summed E-state index contributed by atoms with van der Waals surface area (Å²) in [5, 5.41) is 5.89. The number of piperidine rings is 1. The van der Waals surface area contributed by atoms with Crippen molar-refractivity contribution in [2.45, 2.75) is 85.7 Å². The molecule has 1 N–H and O–H groups in total. The van der Waals surface area contributed by atoms with E-state index < -0.39 is 8.80 Å². The summed E-state index contributed by atoms with van der Waals surface area (Å²) in [5.41, 5.74) is -0.0671. The first-order valence-corrected chi connectivity index (χ1v) is 12.6. The molecule has 0 saturated carbocycles. The van der Waals surface area contributed by atoms with E-state index in [1.165, 1.54) is 0 Å². The topological polar surface area (TPSA) is 52.2 Å². The Kier molecular flexibility index (Phi) is 10.4. The Labute approximate surface area is 168 Å². The van der Waals surface area contributed by atoms with Crippen LogP contribution in [0.5, 0.6) is 0 Å². The molecule has 0 aromatic carbocycles. The van der Waals surface area contributed by atoms with Crippen LogP contribution >= 0.6 is 0 Å². The maximum Gasteiger partial charge on any atom is 0.515 e. The number of rotatable bonds is 13. The van der Waals surface area contributed by atoms with Crippen molar-refractivity contribution in [2.75, 3.05) is 39.6 Å². The Morgan fingerprint density at radius 2 is 1.41 bits per heavy atom. The second-order valence-corrected chi connectivity index (χ2v) is 11.1. The van der Waals surface area contributed by atoms with Crippen molar-refractivity contribution in [1.29, 1.82) is 0 Å². The molecule has 1 fully saturated rings. The van der Waals surface area contributed by atoms with E-state index in [1.54, 1.807) is 7.11 Å². The second kappa shape index (κ2) is 11.2. The van der Waals surface area contributed by atoms with E-state index in [4.69, 9.17) is 18.1 Å². The zero-order valence-electron chi connectivity index (χ0n) is 19.0. The van der Waals surface area contributed by atoms with Crippen LogP contribution in [0.2, 0.25) is 0 Å². The van der Waals surface area contributed by atoms with Gasteiger partial charge >= 0.3 is 8.80 Å². The van der Waals surface area contributed by atoms with Gasteiger partial charge in [0.05, 0.1) is 13.3 Å². The quantitative estimate of drug-likeness (QED) is 0.472. The van der Waals surface area contributed by atoms with Gasteiger partial charge in [0.15, 0.2) is 0 Å². The number of hydrogen-bond donors (Lipinski definition) is 1. The highest BCUT2D eigenvalue weighted by Crippen LogP contribution is 2.43. The van der Waals surface area contributed by atoms with Gasteiger partial charge in [-0.3, -0.25) is 0 Å². The standard InChI is InChI=1S/C20H44N2O4Si/c1-9-14-24-27(25-15-10-2,26-16-11-3)17-21-18-12-13-22(23-8)20(6,7)19(18,4)5/h18,21H,9-17H2,1-8H3. The number of hydrogen-bond acceptors (Lipinski definition) is 6. The minimum atomic E-state index is -2.73. The van der Waals surface area contributed by atoms with Crippen molar-refractivity contribution < 1.29 is 18.1 Å². The summed E-state index contributed by atoms with van der Waals surface area (Å²) in [5.74, 6) is 0. The number of nitrogens with one attached hydrogen (secondary N) is 1. The van der Waals surface area contributed by atoms with Gasteiger partial charge in [-0.2, -0.15) is 5.06 Å². The highest BCUT2D eigenvalue weighted by molar-refractivity contribution is 6.61. The lowest BCUT2D eigenvalue weighted by Crippen LogP contribution is -2.67. The molecule has 27 heavy (non-hydrogen) atoms. The molecule has 1 saturated heterocycles. The Hall–Kier alpha value is -0.0231. The van der Waals surface area contributed by atoms with Crippen molar-refractivity contribution >= 4 is 8.80 Å². The van der Waals surface area contributed by atoms with Crippen molar-refractivity contribution in [3.63, 3.8) is 0 Å². The first-order valence-electron chi connectivity index (χ1n) is 10.7. The fourth-order valence-corrected chi connectivity index (χ4v) is 6.21. The average Bonchev–Trinajstić information content (AvgIpc) is 2.63. The van der Waals surface area contributed by atoms with Crippen LogP contribution < -0.4 is 5.32 Å². The molecule has 162 valence electrons. The lowest BCUT2D eigenvalue weighted by atomic mass is 9.65. The summed E-state index contributed by atoms with van der Waals surface area (Å²) in [7, 11) is -0.969. The maximum atomic E-state index is 6.23. The van der Waals surface area contributed by atoms with Gasteiger partial charge < -0.3 is 23.4 Å². The van der Waals surface area contributed by atoms with Gasteiger partial charge in [0.25, 0.3) is 0 Å². The summed E-state index contributed by atoms with van der Waals surface area (Å²) < 4.78 is 18.7. The molecule has 0 radical (unpaired) electrons. The van der Waals surface area contributed by atoms with E-state index in [-0.39, 0.29) is 11.0 Å². The van der Waals surface area contributed by atoms with Crippen LogP contribution in [0.15, 0.2) is 0 Å². The van der Waals surface area contributed by atoms with Crippen LogP contribution in [-0.2, 0) is 18.1 Å². The molecule has 0 bridgehead atoms. The third kappa shape index (κ3) is 6.23. The second-order valence-electron chi connectivity index (χ2n) is 8.52. The monoisotopic (exact) mass is 404 g/mol. The largest absolute Gasteiger partial charge is 0.515 e. The average molecular weight is 405 g/mol. The van der Waals surface area contributed by atoms with Gasteiger partial charge in [0.2, 0.25) is 0 Å². The normalized spacial score (nSPS) is 22.9. The maximum absolute atomic E-state index is 6.23. The zero-order chi connectivity index (χ0) is 20.6. The van der Waals surface area contributed by atoms with Crippen LogP contribution in [0.1, 0.15) is 74.1 Å². The minimum Gasteiger partial charge on any atom is -0.373 e. The molecule has 1 atom stereocenters. The minimum absolute atomic E-state index is 0.0155. The Morgan fingerprint density at radius 1 is 0.926 bits per heavy atom. The predicted octanol–water partition coefficient (Wildman–Crippen LogP) is 3.77. The van der Waals surface area contributed by atoms with Crippen LogP contribution in [0.25, 0.3) is 0 Å². The van der Waals surface area contributed by atoms with Gasteiger partial charge in [-0.1, -0.05) is 34.6 Å². The summed E-state index contributed by atoms with van der Waals surface area (Å²) in [6.07, 6.45) is 4.56. The Bertz CT molecular complexity index is 399. The van der Waals surface area contributed by atoms with E-state index in [2.05, 4.69) is 58.8 Å². The molecule has 0 spiro atoms. The molecule has 1 heterocycles. The molecule has 1 rings (SSSR count). The molecule has 7 heteroatoms. The smallest absolute Gasteiger partial charge is 0.373 e. The molecule has 0 amide bonds. The Balaban J connectivity index is 2.91. The highest BCUT2D eigenvalue weighted by Gasteiger charge is 2.52. The zero-order valence-corrected chi connectivity index (χ0v) is 20.0. The van der Waals surface area contributed by atoms with Gasteiger partial charge in [-0.25, -0.2) is 0 Å². The molecule has 0 aliphatic carbocycles. The van der Waals surface area contributed by atoms with Gasteiger partial charge in [0, 0.05) is 43.4 Å². The molecule has 1 unspecified atom stereocenters. The van der Waals surface area contributed by atoms with E-state index in [9.17, 15) is 0 Å². The third-order valence-electron chi connectivity index (χ3n) is 6.06. The first kappa shape index (κ1) is 25.0. The molecule has 0 aromatic heterocycles. The van der Waals surface area contributed by atoms with E-state index >= 15 is 0 Å². The Morgan fingerprint density at radius 3 is 1.81 bits per heavy atom. The van der Waals surface area contributed by atoms with Crippen LogP contribution in [-0.4, -0.2) is 65.1 Å². The van der Waals surface area contributed by atoms with Crippen molar-refractivity contribution in [2.24, 2.45) is 5.41 Å². The number of nitrogens with zero attached hydrogens (tertiary/aromatic N) is 1. The highest BCUT2D eigenvalue weighted by atomic mass is 28.4. The predicted molar refractivity (Wildman–Crippen MR) is 112 cm³/mol.